The van der Waals surface area contributed by atoms with Crippen molar-refractivity contribution in [2.24, 2.45) is 5.41 Å². The number of carbonyl (C=O) groups is 2. The molecule has 0 saturated heterocycles. The van der Waals surface area contributed by atoms with Crippen LogP contribution in [0.15, 0.2) is 18.2 Å². The number of hydrogen-bond acceptors (Lipinski definition) is 3. The SMILES string of the molecule is CCC1(C(=O)Nc2cc(C(=O)O)ccc2O)CCCC1. The Balaban J connectivity index is 2.23. The van der Waals surface area contributed by atoms with Crippen LogP contribution < -0.4 is 5.32 Å². The summed E-state index contributed by atoms with van der Waals surface area (Å²) in [5, 5.41) is 21.4. The van der Waals surface area contributed by atoms with E-state index in [0.29, 0.717) is 0 Å². The Morgan fingerprint density at radius 2 is 1.95 bits per heavy atom. The van der Waals surface area contributed by atoms with Crippen molar-refractivity contribution in [1.29, 1.82) is 0 Å². The third kappa shape index (κ3) is 2.61. The highest BCUT2D eigenvalue weighted by Crippen LogP contribution is 2.42. The molecule has 108 valence electrons. The van der Waals surface area contributed by atoms with E-state index >= 15 is 0 Å². The fourth-order valence-electron chi connectivity index (χ4n) is 2.82. The number of nitrogens with one attached hydrogen (secondary N) is 1. The highest BCUT2D eigenvalue weighted by Gasteiger charge is 2.39. The predicted molar refractivity (Wildman–Crippen MR) is 74.9 cm³/mol. The molecular formula is C15H19NO4. The number of benzene rings is 1. The average molecular weight is 277 g/mol. The minimum atomic E-state index is -1.09. The van der Waals surface area contributed by atoms with Crippen LogP contribution in [0, 0.1) is 5.41 Å². The number of carboxylic acid groups (broad SMARTS) is 1. The summed E-state index contributed by atoms with van der Waals surface area (Å²) in [7, 11) is 0. The summed E-state index contributed by atoms with van der Waals surface area (Å²) in [5.41, 5.74) is -0.184. The zero-order valence-corrected chi connectivity index (χ0v) is 11.5. The Morgan fingerprint density at radius 1 is 1.30 bits per heavy atom. The summed E-state index contributed by atoms with van der Waals surface area (Å²) in [6.07, 6.45) is 4.49. The molecule has 5 heteroatoms. The third-order valence-corrected chi connectivity index (χ3v) is 4.21. The third-order valence-electron chi connectivity index (χ3n) is 4.21. The van der Waals surface area contributed by atoms with Gasteiger partial charge in [0.15, 0.2) is 0 Å². The molecular weight excluding hydrogens is 258 g/mol. The number of carboxylic acids is 1. The van der Waals surface area contributed by atoms with Gasteiger partial charge in [-0.2, -0.15) is 0 Å². The smallest absolute Gasteiger partial charge is 0.335 e. The molecule has 1 aromatic rings. The minimum absolute atomic E-state index is 0.0371. The molecule has 0 aliphatic heterocycles. The van der Waals surface area contributed by atoms with Crippen LogP contribution in [-0.2, 0) is 4.79 Å². The van der Waals surface area contributed by atoms with Gasteiger partial charge in [0.25, 0.3) is 0 Å². The van der Waals surface area contributed by atoms with Gasteiger partial charge in [0.1, 0.15) is 5.75 Å². The second-order valence-corrected chi connectivity index (χ2v) is 5.33. The lowest BCUT2D eigenvalue weighted by Gasteiger charge is -2.26. The van der Waals surface area contributed by atoms with Crippen molar-refractivity contribution in [3.63, 3.8) is 0 Å². The number of hydrogen-bond donors (Lipinski definition) is 3. The number of phenolic OH excluding ortho intramolecular Hbond substituents is 1. The predicted octanol–water partition coefficient (Wildman–Crippen LogP) is 3.00. The van der Waals surface area contributed by atoms with Gasteiger partial charge < -0.3 is 15.5 Å². The molecule has 0 atom stereocenters. The molecule has 0 aromatic heterocycles. The molecule has 0 unspecified atom stereocenters. The highest BCUT2D eigenvalue weighted by molar-refractivity contribution is 5.98. The van der Waals surface area contributed by atoms with Gasteiger partial charge in [-0.1, -0.05) is 19.8 Å². The first-order chi connectivity index (χ1) is 9.48. The standard InChI is InChI=1S/C15H19NO4/c1-2-15(7-3-4-8-15)14(20)16-11-9-10(13(18)19)5-6-12(11)17/h5-6,9,17H,2-4,7-8H2,1H3,(H,16,20)(H,18,19). The molecule has 1 aliphatic carbocycles. The number of carbonyl (C=O) groups excluding carboxylic acids is 1. The summed E-state index contributed by atoms with van der Waals surface area (Å²) in [6, 6.07) is 3.87. The summed E-state index contributed by atoms with van der Waals surface area (Å²) < 4.78 is 0. The summed E-state index contributed by atoms with van der Waals surface area (Å²) in [4.78, 5) is 23.4. The first-order valence-electron chi connectivity index (χ1n) is 6.86. The van der Waals surface area contributed by atoms with E-state index in [2.05, 4.69) is 5.32 Å². The van der Waals surface area contributed by atoms with E-state index < -0.39 is 5.97 Å². The summed E-state index contributed by atoms with van der Waals surface area (Å²) in [5.74, 6) is -1.34. The molecule has 0 radical (unpaired) electrons. The molecule has 0 bridgehead atoms. The number of anilines is 1. The molecule has 2 rings (SSSR count). The molecule has 0 spiro atoms. The topological polar surface area (TPSA) is 86.6 Å². The minimum Gasteiger partial charge on any atom is -0.506 e. The Morgan fingerprint density at radius 3 is 2.50 bits per heavy atom. The van der Waals surface area contributed by atoms with Crippen molar-refractivity contribution in [3.05, 3.63) is 23.8 Å². The number of rotatable bonds is 4. The lowest BCUT2D eigenvalue weighted by Crippen LogP contribution is -2.33. The van der Waals surface area contributed by atoms with Crippen molar-refractivity contribution in [2.45, 2.75) is 39.0 Å². The molecule has 0 heterocycles. The van der Waals surface area contributed by atoms with Crippen LogP contribution in [0.25, 0.3) is 0 Å². The lowest BCUT2D eigenvalue weighted by atomic mass is 9.82. The first-order valence-corrected chi connectivity index (χ1v) is 6.86. The lowest BCUT2D eigenvalue weighted by molar-refractivity contribution is -0.125. The average Bonchev–Trinajstić information content (AvgIpc) is 2.91. The molecule has 1 aromatic carbocycles. The zero-order valence-electron chi connectivity index (χ0n) is 11.5. The Labute approximate surface area is 117 Å². The van der Waals surface area contributed by atoms with Crippen LogP contribution in [0.1, 0.15) is 49.4 Å². The molecule has 5 nitrogen and oxygen atoms in total. The number of phenols is 1. The van der Waals surface area contributed by atoms with Crippen LogP contribution in [-0.4, -0.2) is 22.1 Å². The van der Waals surface area contributed by atoms with Crippen LogP contribution in [0.5, 0.6) is 5.75 Å². The Bertz CT molecular complexity index is 533. The van der Waals surface area contributed by atoms with Crippen molar-refractivity contribution in [1.82, 2.24) is 0 Å². The van der Waals surface area contributed by atoms with E-state index in [0.717, 1.165) is 32.1 Å². The normalized spacial score (nSPS) is 16.9. The summed E-state index contributed by atoms with van der Waals surface area (Å²) >= 11 is 0. The number of aromatic hydroxyl groups is 1. The Hall–Kier alpha value is -2.04. The van der Waals surface area contributed by atoms with Crippen LogP contribution >= 0.6 is 0 Å². The molecule has 1 aliphatic rings. The number of aromatic carboxylic acids is 1. The zero-order chi connectivity index (χ0) is 14.8. The monoisotopic (exact) mass is 277 g/mol. The van der Waals surface area contributed by atoms with Gasteiger partial charge in [0.2, 0.25) is 5.91 Å². The van der Waals surface area contributed by atoms with Crippen LogP contribution in [0.4, 0.5) is 5.69 Å². The van der Waals surface area contributed by atoms with Gasteiger partial charge in [-0.3, -0.25) is 4.79 Å². The fourth-order valence-corrected chi connectivity index (χ4v) is 2.82. The fraction of sp³-hybridized carbons (Fsp3) is 0.467. The van der Waals surface area contributed by atoms with E-state index in [1.54, 1.807) is 0 Å². The van der Waals surface area contributed by atoms with E-state index in [4.69, 9.17) is 5.11 Å². The molecule has 1 amide bonds. The maximum absolute atomic E-state index is 12.4. The molecule has 20 heavy (non-hydrogen) atoms. The first kappa shape index (κ1) is 14.4. The Kier molecular flexibility index (Phi) is 3.97. The van der Waals surface area contributed by atoms with E-state index in [1.165, 1.54) is 18.2 Å². The van der Waals surface area contributed by atoms with Gasteiger partial charge in [0.05, 0.1) is 11.3 Å². The van der Waals surface area contributed by atoms with Gasteiger partial charge in [-0.05, 0) is 37.5 Å². The summed E-state index contributed by atoms with van der Waals surface area (Å²) in [6.45, 7) is 1.98. The van der Waals surface area contributed by atoms with E-state index in [9.17, 15) is 14.7 Å². The number of amides is 1. The van der Waals surface area contributed by atoms with Gasteiger partial charge in [0, 0.05) is 5.41 Å². The van der Waals surface area contributed by atoms with Gasteiger partial charge >= 0.3 is 5.97 Å². The van der Waals surface area contributed by atoms with Gasteiger partial charge in [-0.15, -0.1) is 0 Å². The quantitative estimate of drug-likeness (QED) is 0.738. The van der Waals surface area contributed by atoms with Crippen molar-refractivity contribution in [2.75, 3.05) is 5.32 Å². The highest BCUT2D eigenvalue weighted by atomic mass is 16.4. The van der Waals surface area contributed by atoms with Crippen molar-refractivity contribution < 1.29 is 19.8 Å². The van der Waals surface area contributed by atoms with Gasteiger partial charge in [-0.25, -0.2) is 4.79 Å². The van der Waals surface area contributed by atoms with Crippen LogP contribution in [0.3, 0.4) is 0 Å². The molecule has 1 fully saturated rings. The van der Waals surface area contributed by atoms with Crippen molar-refractivity contribution in [3.8, 4) is 5.75 Å². The van der Waals surface area contributed by atoms with E-state index in [1.807, 2.05) is 6.92 Å². The second-order valence-electron chi connectivity index (χ2n) is 5.33. The van der Waals surface area contributed by atoms with Crippen molar-refractivity contribution >= 4 is 17.6 Å². The van der Waals surface area contributed by atoms with Crippen LogP contribution in [0.2, 0.25) is 0 Å². The molecule has 3 N–H and O–H groups in total. The molecule has 1 saturated carbocycles. The maximum atomic E-state index is 12.4. The largest absolute Gasteiger partial charge is 0.506 e. The van der Waals surface area contributed by atoms with E-state index in [-0.39, 0.29) is 28.3 Å². The second kappa shape index (κ2) is 5.53. The maximum Gasteiger partial charge on any atom is 0.335 e.